The number of aromatic nitrogens is 3. The second-order valence-corrected chi connectivity index (χ2v) is 8.15. The largest absolute Gasteiger partial charge is 0.466 e. The Bertz CT molecular complexity index is 715. The van der Waals surface area contributed by atoms with Crippen LogP contribution in [0.4, 0.5) is 5.95 Å². The van der Waals surface area contributed by atoms with Crippen LogP contribution in [-0.4, -0.2) is 141 Å². The van der Waals surface area contributed by atoms with Gasteiger partial charge in [0.15, 0.2) is 6.54 Å². The molecule has 1 fully saturated rings. The molecule has 0 aliphatic carbocycles. The van der Waals surface area contributed by atoms with E-state index in [1.807, 2.05) is 0 Å². The Morgan fingerprint density at radius 2 is 1.25 bits per heavy atom. The van der Waals surface area contributed by atoms with Gasteiger partial charge >= 0.3 is 23.9 Å². The van der Waals surface area contributed by atoms with Crippen LogP contribution in [0.15, 0.2) is 0 Å². The van der Waals surface area contributed by atoms with Gasteiger partial charge in [-0.15, -0.1) is 15.0 Å². The van der Waals surface area contributed by atoms with Crippen LogP contribution >= 0.6 is 0 Å². The molecule has 0 spiro atoms. The summed E-state index contributed by atoms with van der Waals surface area (Å²) in [5, 5.41) is 0. The van der Waals surface area contributed by atoms with E-state index >= 15 is 0 Å². The normalized spacial score (nSPS) is 20.1. The average molecular weight is 520 g/mol. The Morgan fingerprint density at radius 1 is 0.778 bits per heavy atom. The number of ether oxygens (including phenoxy) is 9. The van der Waals surface area contributed by atoms with E-state index in [-0.39, 0.29) is 42.2 Å². The molecule has 14 nitrogen and oxygen atoms in total. The Balaban J connectivity index is 1.85. The fraction of sp³-hybridized carbons (Fsp3) is 0.818. The van der Waals surface area contributed by atoms with Crippen molar-refractivity contribution in [3.63, 3.8) is 0 Å². The Hall–Kier alpha value is -2.20. The van der Waals surface area contributed by atoms with Crippen LogP contribution in [0.5, 0.6) is 12.0 Å². The zero-order chi connectivity index (χ0) is 26.1. The summed E-state index contributed by atoms with van der Waals surface area (Å²) in [6, 6.07) is 0.175. The molecule has 0 amide bonds. The molecule has 0 saturated carbocycles. The molecule has 0 bridgehead atoms. The van der Waals surface area contributed by atoms with E-state index in [0.29, 0.717) is 66.1 Å². The summed E-state index contributed by atoms with van der Waals surface area (Å²) in [5.41, 5.74) is 0. The molecule has 36 heavy (non-hydrogen) atoms. The number of methoxy groups -OCH3 is 2. The van der Waals surface area contributed by atoms with E-state index < -0.39 is 12.1 Å². The molecule has 1 saturated heterocycles. The van der Waals surface area contributed by atoms with Crippen LogP contribution in [-0.2, 0) is 38.0 Å². The summed E-state index contributed by atoms with van der Waals surface area (Å²) in [7, 11) is 6.40. The van der Waals surface area contributed by atoms with E-state index in [9.17, 15) is 4.79 Å². The summed E-state index contributed by atoms with van der Waals surface area (Å²) < 4.78 is 48.9. The maximum atomic E-state index is 12.6. The molecule has 0 N–H and O–H groups in total. The van der Waals surface area contributed by atoms with Gasteiger partial charge in [-0.3, -0.25) is 4.48 Å². The van der Waals surface area contributed by atoms with Crippen molar-refractivity contribution in [2.45, 2.75) is 6.10 Å². The third-order valence-electron chi connectivity index (χ3n) is 4.82. The number of likely N-dealkylation sites (N-methyl/N-ethyl adjacent to an activating group) is 1. The molecule has 1 aromatic rings. The highest BCUT2D eigenvalue weighted by Crippen LogP contribution is 2.19. The molecular weight excluding hydrogens is 480 g/mol. The Labute approximate surface area is 211 Å². The minimum Gasteiger partial charge on any atom is -0.466 e. The molecule has 206 valence electrons. The van der Waals surface area contributed by atoms with Crippen LogP contribution < -0.4 is 14.0 Å². The highest BCUT2D eigenvalue weighted by molar-refractivity contribution is 5.73. The second-order valence-electron chi connectivity index (χ2n) is 8.15. The lowest BCUT2D eigenvalue weighted by Gasteiger charge is -2.26. The van der Waals surface area contributed by atoms with E-state index in [1.54, 1.807) is 14.1 Å². The first kappa shape index (κ1) is 30.0. The first-order valence-electron chi connectivity index (χ1n) is 11.8. The van der Waals surface area contributed by atoms with Gasteiger partial charge in [0.05, 0.1) is 101 Å². The molecule has 0 radical (unpaired) electrons. The monoisotopic (exact) mass is 519 g/mol. The highest BCUT2D eigenvalue weighted by atomic mass is 16.6. The predicted octanol–water partition coefficient (Wildman–Crippen LogP) is -0.519. The first-order valence-corrected chi connectivity index (χ1v) is 11.8. The van der Waals surface area contributed by atoms with Gasteiger partial charge in [-0.25, -0.2) is 4.79 Å². The van der Waals surface area contributed by atoms with Gasteiger partial charge in [0.1, 0.15) is 12.7 Å². The molecule has 1 aromatic heterocycles. The Morgan fingerprint density at radius 3 is 1.75 bits per heavy atom. The number of hydrogen-bond donors (Lipinski definition) is 0. The van der Waals surface area contributed by atoms with Crippen molar-refractivity contribution in [1.29, 1.82) is 0 Å². The van der Waals surface area contributed by atoms with E-state index in [2.05, 4.69) is 15.0 Å². The molecule has 14 heteroatoms. The topological polar surface area (TPSA) is 139 Å². The van der Waals surface area contributed by atoms with Gasteiger partial charge in [0.2, 0.25) is 0 Å². The van der Waals surface area contributed by atoms with Crippen molar-refractivity contribution in [3.8, 4) is 12.0 Å². The van der Waals surface area contributed by atoms with Crippen LogP contribution in [0, 0.1) is 0 Å². The SMILES string of the molecule is COc1nc(OC)nc([N+](C)(C)CC(=O)OCC2COCCOCCOCCOCCOCCO2)n1. The molecule has 2 heterocycles. The molecule has 1 unspecified atom stereocenters. The van der Waals surface area contributed by atoms with Crippen LogP contribution in [0.3, 0.4) is 0 Å². The van der Waals surface area contributed by atoms with E-state index in [0.717, 1.165) is 0 Å². The minimum atomic E-state index is -0.469. The van der Waals surface area contributed by atoms with Crippen molar-refractivity contribution in [1.82, 2.24) is 19.4 Å². The van der Waals surface area contributed by atoms with Gasteiger partial charge in [0.25, 0.3) is 0 Å². The minimum absolute atomic E-state index is 0.00688. The standard InChI is InChI=1S/C22H39N4O10/c1-26(2,20-23-21(28-3)25-22(24-20)29-4)15-19(27)36-17-18-16-34-12-11-32-8-7-30-5-6-31-9-10-33-13-14-35-18/h18H,5-17H2,1-4H3/q+1. The van der Waals surface area contributed by atoms with Gasteiger partial charge in [0, 0.05) is 0 Å². The van der Waals surface area contributed by atoms with Crippen molar-refractivity contribution < 1.29 is 47.4 Å². The van der Waals surface area contributed by atoms with Crippen molar-refractivity contribution >= 4 is 11.9 Å². The van der Waals surface area contributed by atoms with E-state index in [4.69, 9.17) is 42.6 Å². The zero-order valence-corrected chi connectivity index (χ0v) is 21.6. The first-order chi connectivity index (χ1) is 17.4. The van der Waals surface area contributed by atoms with Gasteiger partial charge in [-0.1, -0.05) is 0 Å². The second kappa shape index (κ2) is 17.3. The number of quaternary nitrogens is 1. The Kier molecular flexibility index (Phi) is 14.4. The third kappa shape index (κ3) is 12.2. The zero-order valence-electron chi connectivity index (χ0n) is 21.6. The van der Waals surface area contributed by atoms with E-state index in [1.165, 1.54) is 14.2 Å². The van der Waals surface area contributed by atoms with Crippen molar-refractivity contribution in [3.05, 3.63) is 0 Å². The van der Waals surface area contributed by atoms with Gasteiger partial charge < -0.3 is 42.6 Å². The molecule has 1 atom stereocenters. The smallest absolute Gasteiger partial charge is 0.362 e. The number of hydrogen-bond acceptors (Lipinski definition) is 13. The molecule has 1 aliphatic rings. The number of nitrogens with zero attached hydrogens (tertiary/aromatic N) is 4. The third-order valence-corrected chi connectivity index (χ3v) is 4.82. The number of rotatable bonds is 7. The predicted molar refractivity (Wildman–Crippen MR) is 126 cm³/mol. The van der Waals surface area contributed by atoms with Gasteiger partial charge in [-0.2, -0.15) is 0 Å². The number of carbonyl (C=O) groups excluding carboxylic acids is 1. The number of esters is 1. The fourth-order valence-electron chi connectivity index (χ4n) is 2.92. The lowest BCUT2D eigenvalue weighted by molar-refractivity contribution is -0.151. The van der Waals surface area contributed by atoms with Crippen LogP contribution in [0.25, 0.3) is 0 Å². The summed E-state index contributed by atoms with van der Waals surface area (Å²) in [4.78, 5) is 25.1. The molecule has 1 aliphatic heterocycles. The fourth-order valence-corrected chi connectivity index (χ4v) is 2.92. The van der Waals surface area contributed by atoms with Crippen molar-refractivity contribution in [2.75, 3.05) is 114 Å². The van der Waals surface area contributed by atoms with Crippen LogP contribution in [0.1, 0.15) is 0 Å². The quantitative estimate of drug-likeness (QED) is 0.337. The maximum Gasteiger partial charge on any atom is 0.362 e. The van der Waals surface area contributed by atoms with Gasteiger partial charge in [-0.05, 0) is 0 Å². The maximum absolute atomic E-state index is 12.6. The van der Waals surface area contributed by atoms with Crippen LogP contribution in [0.2, 0.25) is 0 Å². The lowest BCUT2D eigenvalue weighted by atomic mass is 10.4. The summed E-state index contributed by atoms with van der Waals surface area (Å²) in [6.07, 6.45) is -0.469. The molecule has 0 aromatic carbocycles. The summed E-state index contributed by atoms with van der Waals surface area (Å²) >= 11 is 0. The highest BCUT2D eigenvalue weighted by Gasteiger charge is 2.30. The molecular formula is C22H39N4O10+. The number of carbonyl (C=O) groups is 1. The summed E-state index contributed by atoms with van der Waals surface area (Å²) in [6.45, 7) is 4.58. The average Bonchev–Trinajstić information content (AvgIpc) is 2.87. The van der Waals surface area contributed by atoms with Crippen molar-refractivity contribution in [2.24, 2.45) is 0 Å². The summed E-state index contributed by atoms with van der Waals surface area (Å²) in [5.74, 6) is -0.170. The molecule has 2 rings (SSSR count). The lowest BCUT2D eigenvalue weighted by Crippen LogP contribution is -2.47.